The second-order valence-electron chi connectivity index (χ2n) is 1.79. The molecule has 0 aliphatic carbocycles. The zero-order chi connectivity index (χ0) is 7.23. The number of hydrogen-bond donors (Lipinski definition) is 0. The zero-order valence-corrected chi connectivity index (χ0v) is 7.50. The Bertz CT molecular complexity index is 217. The van der Waals surface area contributed by atoms with Crippen molar-refractivity contribution in [1.29, 1.82) is 0 Å². The van der Waals surface area contributed by atoms with Crippen LogP contribution in [-0.2, 0) is 0 Å². The summed E-state index contributed by atoms with van der Waals surface area (Å²) in [4.78, 5) is 0. The van der Waals surface area contributed by atoms with Crippen LogP contribution in [0.1, 0.15) is 0 Å². The molecule has 0 fully saturated rings. The van der Waals surface area contributed by atoms with Crippen molar-refractivity contribution in [3.05, 3.63) is 41.8 Å². The molecule has 0 aliphatic heterocycles. The second kappa shape index (κ2) is 4.43. The summed E-state index contributed by atoms with van der Waals surface area (Å²) >= 11 is 1.71. The molecule has 1 unspecified atom stereocenters. The van der Waals surface area contributed by atoms with E-state index >= 15 is 0 Å². The molecule has 1 atom stereocenters. The molecule has 2 heteroatoms. The van der Waals surface area contributed by atoms with Gasteiger partial charge in [-0.2, -0.15) is 0 Å². The summed E-state index contributed by atoms with van der Waals surface area (Å²) in [5, 5.41) is 2.06. The fourth-order valence-corrected chi connectivity index (χ4v) is 1.38. The fourth-order valence-electron chi connectivity index (χ4n) is 0.545. The second-order valence-corrected chi connectivity index (χ2v) is 3.80. The van der Waals surface area contributed by atoms with E-state index in [0.29, 0.717) is 0 Å². The van der Waals surface area contributed by atoms with E-state index in [-0.39, 0.29) is 0 Å². The largest absolute Gasteiger partial charge is 0.145 e. The zero-order valence-electron chi connectivity index (χ0n) is 5.53. The van der Waals surface area contributed by atoms with Crippen LogP contribution in [0.5, 0.6) is 0 Å². The molecule has 0 amide bonds. The standard InChI is InChI=1S/C8H9PS/c9-8-6-4-2-1-3-5-7-10-8/h1-7H,9H2. The Kier molecular flexibility index (Phi) is 3.42. The molecule has 0 aromatic carbocycles. The van der Waals surface area contributed by atoms with Gasteiger partial charge in [-0.25, -0.2) is 0 Å². The Morgan fingerprint density at radius 2 is 1.70 bits per heavy atom. The maximum absolute atomic E-state index is 2.68. The molecule has 10 heavy (non-hydrogen) atoms. The number of rotatable bonds is 0. The average molecular weight is 168 g/mol. The van der Waals surface area contributed by atoms with Crippen molar-refractivity contribution in [3.8, 4) is 0 Å². The van der Waals surface area contributed by atoms with Gasteiger partial charge in [0.15, 0.2) is 0 Å². The first-order valence-corrected chi connectivity index (χ1v) is 4.47. The summed E-state index contributed by atoms with van der Waals surface area (Å²) < 4.78 is 1.23. The molecular weight excluding hydrogens is 159 g/mol. The number of hydrogen-bond acceptors (Lipinski definition) is 1. The van der Waals surface area contributed by atoms with Crippen LogP contribution >= 0.6 is 20.6 Å². The Morgan fingerprint density at radius 1 is 1.00 bits per heavy atom. The SMILES string of the molecule is Pc1cccccccs1. The van der Waals surface area contributed by atoms with Gasteiger partial charge in [0.25, 0.3) is 0 Å². The third kappa shape index (κ3) is 2.95. The van der Waals surface area contributed by atoms with Crippen molar-refractivity contribution in [1.82, 2.24) is 0 Å². The molecule has 0 radical (unpaired) electrons. The highest BCUT2D eigenvalue weighted by atomic mass is 32.1. The summed E-state index contributed by atoms with van der Waals surface area (Å²) in [5.74, 6) is 0. The minimum Gasteiger partial charge on any atom is -0.145 e. The highest BCUT2D eigenvalue weighted by Gasteiger charge is 1.71. The van der Waals surface area contributed by atoms with Gasteiger partial charge in [-0.15, -0.1) is 11.3 Å². The highest BCUT2D eigenvalue weighted by molar-refractivity contribution is 7.42. The van der Waals surface area contributed by atoms with Gasteiger partial charge in [0.1, 0.15) is 0 Å². The molecule has 0 N–H and O–H groups in total. The predicted octanol–water partition coefficient (Wildman–Crippen LogP) is 2.37. The lowest BCUT2D eigenvalue weighted by Crippen LogP contribution is -1.74. The summed E-state index contributed by atoms with van der Waals surface area (Å²) in [5.41, 5.74) is 0. The van der Waals surface area contributed by atoms with Crippen molar-refractivity contribution in [2.45, 2.75) is 0 Å². The first-order chi connectivity index (χ1) is 4.89. The fraction of sp³-hybridized carbons (Fsp3) is 0. The van der Waals surface area contributed by atoms with E-state index in [0.717, 1.165) is 0 Å². The monoisotopic (exact) mass is 168 g/mol. The lowest BCUT2D eigenvalue weighted by Gasteiger charge is -1.76. The van der Waals surface area contributed by atoms with Crippen molar-refractivity contribution in [2.75, 3.05) is 0 Å². The van der Waals surface area contributed by atoms with E-state index in [4.69, 9.17) is 0 Å². The van der Waals surface area contributed by atoms with E-state index < -0.39 is 0 Å². The van der Waals surface area contributed by atoms with Gasteiger partial charge in [-0.3, -0.25) is 0 Å². The van der Waals surface area contributed by atoms with E-state index in [1.807, 2.05) is 30.3 Å². The molecule has 0 aliphatic rings. The summed E-state index contributed by atoms with van der Waals surface area (Å²) in [7, 11) is 2.68. The maximum Gasteiger partial charge on any atom is 0.0216 e. The Morgan fingerprint density at radius 3 is 2.60 bits per heavy atom. The molecule has 0 saturated heterocycles. The van der Waals surface area contributed by atoms with Crippen LogP contribution in [0, 0.1) is 0 Å². The minimum atomic E-state index is 1.23. The van der Waals surface area contributed by atoms with Crippen LogP contribution < -0.4 is 4.62 Å². The lowest BCUT2D eigenvalue weighted by atomic mass is 10.5. The molecule has 1 aromatic rings. The van der Waals surface area contributed by atoms with E-state index in [2.05, 4.69) is 20.7 Å². The first kappa shape index (κ1) is 7.71. The Hall–Kier alpha value is -0.390. The third-order valence-electron chi connectivity index (χ3n) is 0.988. The van der Waals surface area contributed by atoms with Crippen LogP contribution in [0.3, 0.4) is 0 Å². The quantitative estimate of drug-likeness (QED) is 0.522. The topological polar surface area (TPSA) is 0 Å². The van der Waals surface area contributed by atoms with Crippen LogP contribution in [0.15, 0.2) is 41.8 Å². The van der Waals surface area contributed by atoms with Gasteiger partial charge in [-0.1, -0.05) is 39.6 Å². The predicted molar refractivity (Wildman–Crippen MR) is 51.3 cm³/mol. The highest BCUT2D eigenvalue weighted by Crippen LogP contribution is 1.92. The van der Waals surface area contributed by atoms with Gasteiger partial charge < -0.3 is 0 Å². The van der Waals surface area contributed by atoms with Gasteiger partial charge >= 0.3 is 0 Å². The smallest absolute Gasteiger partial charge is 0.0216 e. The summed E-state index contributed by atoms with van der Waals surface area (Å²) in [6.07, 6.45) is 0. The van der Waals surface area contributed by atoms with Crippen molar-refractivity contribution in [3.63, 3.8) is 0 Å². The molecule has 0 saturated carbocycles. The average Bonchev–Trinajstić information content (AvgIpc) is 2.02. The molecule has 1 aromatic heterocycles. The minimum absolute atomic E-state index is 1.23. The van der Waals surface area contributed by atoms with Crippen LogP contribution in [-0.4, -0.2) is 0 Å². The third-order valence-corrected chi connectivity index (χ3v) is 2.29. The first-order valence-electron chi connectivity index (χ1n) is 3.02. The van der Waals surface area contributed by atoms with Crippen molar-refractivity contribution < 1.29 is 0 Å². The molecular formula is C8H9PS. The van der Waals surface area contributed by atoms with Gasteiger partial charge in [0, 0.05) is 4.62 Å². The normalized spacial score (nSPS) is 8.50. The van der Waals surface area contributed by atoms with Crippen molar-refractivity contribution in [2.24, 2.45) is 0 Å². The molecule has 52 valence electrons. The van der Waals surface area contributed by atoms with Crippen molar-refractivity contribution >= 4 is 25.2 Å². The van der Waals surface area contributed by atoms with Gasteiger partial charge in [0.05, 0.1) is 0 Å². The van der Waals surface area contributed by atoms with E-state index in [1.54, 1.807) is 11.3 Å². The lowest BCUT2D eigenvalue weighted by molar-refractivity contribution is 1.82. The Balaban J connectivity index is 3.13. The van der Waals surface area contributed by atoms with Crippen LogP contribution in [0.4, 0.5) is 0 Å². The molecule has 1 heterocycles. The molecule has 0 bridgehead atoms. The summed E-state index contributed by atoms with van der Waals surface area (Å²) in [6.45, 7) is 0. The Labute approximate surface area is 67.4 Å². The van der Waals surface area contributed by atoms with E-state index in [9.17, 15) is 0 Å². The van der Waals surface area contributed by atoms with Crippen LogP contribution in [0.25, 0.3) is 0 Å². The maximum atomic E-state index is 2.68. The summed E-state index contributed by atoms with van der Waals surface area (Å²) in [6, 6.07) is 12.2. The molecule has 1 rings (SSSR count). The molecule has 0 nitrogen and oxygen atoms in total. The van der Waals surface area contributed by atoms with Crippen LogP contribution in [0.2, 0.25) is 0 Å². The molecule has 0 spiro atoms. The van der Waals surface area contributed by atoms with Gasteiger partial charge in [-0.05, 0) is 11.4 Å². The van der Waals surface area contributed by atoms with Gasteiger partial charge in [0.2, 0.25) is 0 Å². The van der Waals surface area contributed by atoms with E-state index in [1.165, 1.54) is 4.62 Å².